The molecule has 9 rings (SSSR count). The van der Waals surface area contributed by atoms with Gasteiger partial charge in [-0.1, -0.05) is 109 Å². The van der Waals surface area contributed by atoms with Crippen molar-refractivity contribution in [3.63, 3.8) is 0 Å². The first-order valence-electron chi connectivity index (χ1n) is 15.8. The quantitative estimate of drug-likeness (QED) is 0.191. The van der Waals surface area contributed by atoms with Crippen LogP contribution in [0.1, 0.15) is 17.5 Å². The predicted octanol–water partition coefficient (Wildman–Crippen LogP) is 9.78. The standard InChI is InChI=1S/C42H29N3O/c46-42-44(31-15-2-1-3-16-31)37-22-10-11-23-38(37)45(42)39-24-12-21-36(43-39)41-34-19-8-6-17-32(34)40(33-18-7-9-20-35(33)41)30-26-25-28-13-4-5-14-29(28)27-30/h1-3,5-12,14-27H,4,13H2. The summed E-state index contributed by atoms with van der Waals surface area (Å²) in [5.74, 6) is 0.590. The lowest BCUT2D eigenvalue weighted by Gasteiger charge is -2.19. The maximum Gasteiger partial charge on any atom is 0.339 e. The summed E-state index contributed by atoms with van der Waals surface area (Å²) >= 11 is 0. The molecule has 46 heavy (non-hydrogen) atoms. The fraction of sp³-hybridized carbons (Fsp3) is 0.0476. The molecule has 0 bridgehead atoms. The van der Waals surface area contributed by atoms with Crippen molar-refractivity contribution < 1.29 is 0 Å². The fourth-order valence-electron chi connectivity index (χ4n) is 7.18. The molecule has 1 aliphatic carbocycles. The molecule has 0 aliphatic heterocycles. The Morgan fingerprint density at radius 3 is 1.91 bits per heavy atom. The average molecular weight is 592 g/mol. The summed E-state index contributed by atoms with van der Waals surface area (Å²) in [4.78, 5) is 19.4. The summed E-state index contributed by atoms with van der Waals surface area (Å²) in [5.41, 5.74) is 9.37. The van der Waals surface area contributed by atoms with Gasteiger partial charge in [0.25, 0.3) is 0 Å². The van der Waals surface area contributed by atoms with E-state index in [-0.39, 0.29) is 5.69 Å². The number of nitrogens with zero attached hydrogens (tertiary/aromatic N) is 3. The lowest BCUT2D eigenvalue weighted by Crippen LogP contribution is -2.22. The van der Waals surface area contributed by atoms with E-state index in [0.717, 1.165) is 51.6 Å². The first-order valence-corrected chi connectivity index (χ1v) is 15.8. The number of hydrogen-bond acceptors (Lipinski definition) is 2. The molecule has 2 aromatic heterocycles. The van der Waals surface area contributed by atoms with Crippen molar-refractivity contribution in [1.82, 2.24) is 14.1 Å². The van der Waals surface area contributed by atoms with Gasteiger partial charge in [0.2, 0.25) is 0 Å². The van der Waals surface area contributed by atoms with Crippen LogP contribution in [0.4, 0.5) is 0 Å². The van der Waals surface area contributed by atoms with E-state index < -0.39 is 0 Å². The molecule has 8 aromatic rings. The maximum atomic E-state index is 14.1. The van der Waals surface area contributed by atoms with Gasteiger partial charge in [0.05, 0.1) is 22.4 Å². The second-order valence-electron chi connectivity index (χ2n) is 11.9. The second-order valence-corrected chi connectivity index (χ2v) is 11.9. The van der Waals surface area contributed by atoms with E-state index in [0.29, 0.717) is 5.82 Å². The number of fused-ring (bicyclic) bond motifs is 4. The van der Waals surface area contributed by atoms with E-state index in [4.69, 9.17) is 4.98 Å². The van der Waals surface area contributed by atoms with Gasteiger partial charge < -0.3 is 0 Å². The number of para-hydroxylation sites is 3. The van der Waals surface area contributed by atoms with E-state index in [1.807, 2.05) is 66.7 Å². The predicted molar refractivity (Wildman–Crippen MR) is 190 cm³/mol. The zero-order valence-corrected chi connectivity index (χ0v) is 25.1. The molecule has 6 aromatic carbocycles. The van der Waals surface area contributed by atoms with Gasteiger partial charge in [0, 0.05) is 5.56 Å². The van der Waals surface area contributed by atoms with Crippen LogP contribution in [0, 0.1) is 0 Å². The number of pyridine rings is 1. The topological polar surface area (TPSA) is 39.8 Å². The highest BCUT2D eigenvalue weighted by atomic mass is 16.1. The summed E-state index contributed by atoms with van der Waals surface area (Å²) in [6, 6.07) is 47.8. The first-order chi connectivity index (χ1) is 22.8. The number of aromatic nitrogens is 3. The monoisotopic (exact) mass is 591 g/mol. The molecule has 0 saturated heterocycles. The van der Waals surface area contributed by atoms with Crippen molar-refractivity contribution in [2.45, 2.75) is 12.8 Å². The third-order valence-electron chi connectivity index (χ3n) is 9.22. The lowest BCUT2D eigenvalue weighted by molar-refractivity contribution is 0.906. The minimum Gasteiger partial charge on any atom is -0.260 e. The summed E-state index contributed by atoms with van der Waals surface area (Å²) in [7, 11) is 0. The van der Waals surface area contributed by atoms with Crippen LogP contribution in [0.5, 0.6) is 0 Å². The zero-order chi connectivity index (χ0) is 30.6. The number of rotatable bonds is 4. The molecule has 0 saturated carbocycles. The molecule has 218 valence electrons. The molecular weight excluding hydrogens is 562 g/mol. The van der Waals surface area contributed by atoms with Crippen LogP contribution in [0.3, 0.4) is 0 Å². The molecule has 4 nitrogen and oxygen atoms in total. The molecule has 0 radical (unpaired) electrons. The molecule has 1 aliphatic rings. The molecule has 0 amide bonds. The molecular formula is C42H29N3O. The molecule has 0 fully saturated rings. The van der Waals surface area contributed by atoms with E-state index in [1.165, 1.54) is 33.0 Å². The van der Waals surface area contributed by atoms with E-state index >= 15 is 0 Å². The highest BCUT2D eigenvalue weighted by Gasteiger charge is 2.20. The number of benzene rings is 6. The van der Waals surface area contributed by atoms with Crippen molar-refractivity contribution in [3.05, 3.63) is 167 Å². The molecule has 0 spiro atoms. The number of hydrogen-bond donors (Lipinski definition) is 0. The summed E-state index contributed by atoms with van der Waals surface area (Å²) in [5, 5.41) is 4.63. The SMILES string of the molecule is O=c1n(-c2ccccc2)c2ccccc2n1-c1cccc(-c2c3ccccc3c(-c3ccc4c(c3)C=CCC4)c3ccccc23)n1. The van der Waals surface area contributed by atoms with Crippen LogP contribution in [0.15, 0.2) is 150 Å². The molecule has 0 N–H and O–H groups in total. The van der Waals surface area contributed by atoms with Gasteiger partial charge in [-0.3, -0.25) is 4.57 Å². The summed E-state index contributed by atoms with van der Waals surface area (Å²) in [6.07, 6.45) is 6.71. The third kappa shape index (κ3) is 4.07. The summed E-state index contributed by atoms with van der Waals surface area (Å²) < 4.78 is 3.49. The Morgan fingerprint density at radius 1 is 0.565 bits per heavy atom. The van der Waals surface area contributed by atoms with Crippen LogP contribution in [0.25, 0.3) is 72.5 Å². The van der Waals surface area contributed by atoms with Crippen LogP contribution >= 0.6 is 0 Å². The fourth-order valence-corrected chi connectivity index (χ4v) is 7.18. The second kappa shape index (κ2) is 10.6. The number of allylic oxidation sites excluding steroid dienone is 1. The third-order valence-corrected chi connectivity index (χ3v) is 9.22. The highest BCUT2D eigenvalue weighted by Crippen LogP contribution is 2.43. The van der Waals surface area contributed by atoms with Crippen molar-refractivity contribution in [1.29, 1.82) is 0 Å². The van der Waals surface area contributed by atoms with Crippen LogP contribution in [0.2, 0.25) is 0 Å². The van der Waals surface area contributed by atoms with Crippen molar-refractivity contribution >= 4 is 38.7 Å². The average Bonchev–Trinajstić information content (AvgIpc) is 3.42. The Morgan fingerprint density at radius 2 is 1.20 bits per heavy atom. The lowest BCUT2D eigenvalue weighted by atomic mass is 9.85. The number of aryl methyl sites for hydroxylation is 1. The highest BCUT2D eigenvalue weighted by molar-refractivity contribution is 6.21. The molecule has 2 heterocycles. The first kappa shape index (κ1) is 26.4. The zero-order valence-electron chi connectivity index (χ0n) is 25.1. The van der Waals surface area contributed by atoms with Crippen molar-refractivity contribution in [2.75, 3.05) is 0 Å². The van der Waals surface area contributed by atoms with Gasteiger partial charge in [-0.2, -0.15) is 0 Å². The van der Waals surface area contributed by atoms with E-state index in [9.17, 15) is 4.79 Å². The molecule has 0 unspecified atom stereocenters. The minimum absolute atomic E-state index is 0.149. The minimum atomic E-state index is -0.149. The Bertz CT molecular complexity index is 2500. The Hall–Kier alpha value is -6.00. The van der Waals surface area contributed by atoms with E-state index in [2.05, 4.69) is 84.9 Å². The number of imidazole rings is 1. The smallest absolute Gasteiger partial charge is 0.260 e. The van der Waals surface area contributed by atoms with Gasteiger partial charge in [-0.25, -0.2) is 14.3 Å². The largest absolute Gasteiger partial charge is 0.339 e. The van der Waals surface area contributed by atoms with Crippen LogP contribution in [-0.4, -0.2) is 14.1 Å². The van der Waals surface area contributed by atoms with Gasteiger partial charge in [-0.15, -0.1) is 0 Å². The molecule has 0 atom stereocenters. The maximum absolute atomic E-state index is 14.1. The van der Waals surface area contributed by atoms with Crippen LogP contribution in [-0.2, 0) is 6.42 Å². The molecule has 4 heteroatoms. The Labute approximate surface area is 266 Å². The van der Waals surface area contributed by atoms with Crippen LogP contribution < -0.4 is 5.69 Å². The van der Waals surface area contributed by atoms with E-state index in [1.54, 1.807) is 9.13 Å². The van der Waals surface area contributed by atoms with Gasteiger partial charge in [0.1, 0.15) is 5.82 Å². The summed E-state index contributed by atoms with van der Waals surface area (Å²) in [6.45, 7) is 0. The van der Waals surface area contributed by atoms with Gasteiger partial charge >= 0.3 is 5.69 Å². The normalized spacial score (nSPS) is 12.6. The Balaban J connectivity index is 1.30. The van der Waals surface area contributed by atoms with Gasteiger partial charge in [-0.05, 0) is 99.1 Å². The van der Waals surface area contributed by atoms with Gasteiger partial charge in [0.15, 0.2) is 0 Å². The van der Waals surface area contributed by atoms with Crippen molar-refractivity contribution in [3.8, 4) is 33.9 Å². The van der Waals surface area contributed by atoms with Crippen molar-refractivity contribution in [2.24, 2.45) is 0 Å². The Kier molecular flexibility index (Phi) is 6.07.